The summed E-state index contributed by atoms with van der Waals surface area (Å²) in [6.07, 6.45) is -4.54. The normalized spacial score (nSPS) is 11.1. The maximum Gasteiger partial charge on any atom is 0.416 e. The highest BCUT2D eigenvalue weighted by Crippen LogP contribution is 2.29. The van der Waals surface area contributed by atoms with E-state index in [4.69, 9.17) is 9.84 Å². The van der Waals surface area contributed by atoms with Crippen LogP contribution in [0.2, 0.25) is 0 Å². The van der Waals surface area contributed by atoms with Crippen molar-refractivity contribution in [1.82, 2.24) is 4.90 Å². The Morgan fingerprint density at radius 1 is 1.07 bits per heavy atom. The smallest absolute Gasteiger partial charge is 0.416 e. The number of rotatable bonds is 7. The number of carboxylic acid groups (broad SMARTS) is 1. The van der Waals surface area contributed by atoms with Crippen molar-refractivity contribution in [1.29, 1.82) is 0 Å². The molecule has 0 radical (unpaired) electrons. The van der Waals surface area contributed by atoms with Crippen molar-refractivity contribution in [2.24, 2.45) is 0 Å². The van der Waals surface area contributed by atoms with Crippen LogP contribution in [0.4, 0.5) is 13.2 Å². The lowest BCUT2D eigenvalue weighted by Gasteiger charge is -2.22. The molecule has 0 saturated carbocycles. The van der Waals surface area contributed by atoms with E-state index in [2.05, 4.69) is 0 Å². The molecule has 0 atom stereocenters. The lowest BCUT2D eigenvalue weighted by atomic mass is 10.1. The van der Waals surface area contributed by atoms with Gasteiger partial charge in [0.25, 0.3) is 0 Å². The molecule has 1 N–H and O–H groups in total. The minimum Gasteiger partial charge on any atom is -0.496 e. The van der Waals surface area contributed by atoms with Crippen molar-refractivity contribution >= 4 is 11.9 Å². The number of carbonyl (C=O) groups excluding carboxylic acids is 1. The zero-order chi connectivity index (χ0) is 20.0. The highest BCUT2D eigenvalue weighted by atomic mass is 19.4. The molecule has 0 spiro atoms. The second-order valence-electron chi connectivity index (χ2n) is 5.83. The van der Waals surface area contributed by atoms with Crippen LogP contribution in [0.15, 0.2) is 48.5 Å². The van der Waals surface area contributed by atoms with Gasteiger partial charge >= 0.3 is 12.1 Å². The Balaban J connectivity index is 2.17. The number of aliphatic carboxylic acids is 1. The number of para-hydroxylation sites is 1. The Bertz CT molecular complexity index is 803. The zero-order valence-electron chi connectivity index (χ0n) is 14.5. The van der Waals surface area contributed by atoms with Crippen molar-refractivity contribution in [3.05, 3.63) is 65.2 Å². The first-order chi connectivity index (χ1) is 12.7. The molecule has 0 aliphatic heterocycles. The van der Waals surface area contributed by atoms with Gasteiger partial charge in [0, 0.05) is 12.1 Å². The average Bonchev–Trinajstić information content (AvgIpc) is 2.61. The topological polar surface area (TPSA) is 66.8 Å². The fourth-order valence-corrected chi connectivity index (χ4v) is 2.54. The third kappa shape index (κ3) is 5.73. The summed E-state index contributed by atoms with van der Waals surface area (Å²) >= 11 is 0. The lowest BCUT2D eigenvalue weighted by molar-refractivity contribution is -0.144. The van der Waals surface area contributed by atoms with Gasteiger partial charge in [0.1, 0.15) is 12.3 Å². The third-order valence-electron chi connectivity index (χ3n) is 3.87. The SMILES string of the molecule is COc1ccccc1CC(=O)N(CC(=O)O)Cc1ccc(C(F)(F)F)cc1. The highest BCUT2D eigenvalue weighted by molar-refractivity contribution is 5.83. The standard InChI is InChI=1S/C19H18F3NO4/c1-27-16-5-3-2-4-14(16)10-17(24)23(12-18(25)26)11-13-6-8-15(9-7-13)19(20,21)22/h2-9H,10-12H2,1H3,(H,25,26). The predicted octanol–water partition coefficient (Wildman–Crippen LogP) is 3.37. The van der Waals surface area contributed by atoms with E-state index < -0.39 is 30.2 Å². The van der Waals surface area contributed by atoms with Gasteiger partial charge in [0.05, 0.1) is 19.1 Å². The molecular weight excluding hydrogens is 363 g/mol. The molecule has 0 bridgehead atoms. The summed E-state index contributed by atoms with van der Waals surface area (Å²) in [6.45, 7) is -0.673. The van der Waals surface area contributed by atoms with E-state index in [1.165, 1.54) is 19.2 Å². The van der Waals surface area contributed by atoms with Crippen LogP contribution >= 0.6 is 0 Å². The van der Waals surface area contributed by atoms with E-state index in [0.29, 0.717) is 16.9 Å². The molecular formula is C19H18F3NO4. The van der Waals surface area contributed by atoms with E-state index in [9.17, 15) is 22.8 Å². The first-order valence-corrected chi connectivity index (χ1v) is 7.98. The second-order valence-corrected chi connectivity index (χ2v) is 5.83. The largest absolute Gasteiger partial charge is 0.496 e. The Kier molecular flexibility index (Phi) is 6.44. The van der Waals surface area contributed by atoms with Crippen LogP contribution in [-0.4, -0.2) is 35.5 Å². The van der Waals surface area contributed by atoms with Gasteiger partial charge in [-0.15, -0.1) is 0 Å². The van der Waals surface area contributed by atoms with Gasteiger partial charge in [-0.05, 0) is 23.8 Å². The van der Waals surface area contributed by atoms with E-state index in [0.717, 1.165) is 17.0 Å². The molecule has 5 nitrogen and oxygen atoms in total. The fraction of sp³-hybridized carbons (Fsp3) is 0.263. The van der Waals surface area contributed by atoms with Crippen molar-refractivity contribution < 1.29 is 32.6 Å². The number of carbonyl (C=O) groups is 2. The van der Waals surface area contributed by atoms with Crippen LogP contribution in [-0.2, 0) is 28.7 Å². The number of amides is 1. The highest BCUT2D eigenvalue weighted by Gasteiger charge is 2.30. The summed E-state index contributed by atoms with van der Waals surface area (Å²) in [4.78, 5) is 24.8. The average molecular weight is 381 g/mol. The van der Waals surface area contributed by atoms with Crippen LogP contribution in [0.1, 0.15) is 16.7 Å². The number of methoxy groups -OCH3 is 1. The molecule has 0 aliphatic rings. The van der Waals surface area contributed by atoms with Crippen molar-refractivity contribution in [3.8, 4) is 5.75 Å². The summed E-state index contributed by atoms with van der Waals surface area (Å²) in [6, 6.07) is 11.1. The van der Waals surface area contributed by atoms with Crippen LogP contribution in [0.25, 0.3) is 0 Å². The minimum absolute atomic E-state index is 0.0854. The third-order valence-corrected chi connectivity index (χ3v) is 3.87. The summed E-state index contributed by atoms with van der Waals surface area (Å²) in [5.41, 5.74) is 0.182. The van der Waals surface area contributed by atoms with Gasteiger partial charge in [0.2, 0.25) is 5.91 Å². The van der Waals surface area contributed by atoms with E-state index in [1.807, 2.05) is 0 Å². The molecule has 0 aliphatic carbocycles. The predicted molar refractivity (Wildman–Crippen MR) is 91.2 cm³/mol. The van der Waals surface area contributed by atoms with Crippen molar-refractivity contribution in [2.45, 2.75) is 19.1 Å². The number of carboxylic acids is 1. The van der Waals surface area contributed by atoms with Crippen molar-refractivity contribution in [3.63, 3.8) is 0 Å². The Morgan fingerprint density at radius 3 is 2.26 bits per heavy atom. The molecule has 0 saturated heterocycles. The number of ether oxygens (including phenoxy) is 1. The fourth-order valence-electron chi connectivity index (χ4n) is 2.54. The van der Waals surface area contributed by atoms with E-state index >= 15 is 0 Å². The maximum absolute atomic E-state index is 12.6. The minimum atomic E-state index is -4.46. The van der Waals surface area contributed by atoms with Crippen LogP contribution in [0.5, 0.6) is 5.75 Å². The summed E-state index contributed by atoms with van der Waals surface area (Å²) in [7, 11) is 1.46. The number of hydrogen-bond acceptors (Lipinski definition) is 3. The quantitative estimate of drug-likeness (QED) is 0.799. The molecule has 1 amide bonds. The molecule has 0 fully saturated rings. The number of hydrogen-bond donors (Lipinski definition) is 1. The number of halogens is 3. The lowest BCUT2D eigenvalue weighted by Crippen LogP contribution is -2.36. The van der Waals surface area contributed by atoms with Gasteiger partial charge in [-0.1, -0.05) is 30.3 Å². The van der Waals surface area contributed by atoms with E-state index in [1.54, 1.807) is 24.3 Å². The molecule has 144 valence electrons. The van der Waals surface area contributed by atoms with Gasteiger partial charge in [-0.25, -0.2) is 0 Å². The number of alkyl halides is 3. The molecule has 2 aromatic carbocycles. The van der Waals surface area contributed by atoms with Crippen LogP contribution in [0.3, 0.4) is 0 Å². The van der Waals surface area contributed by atoms with Gasteiger partial charge in [0.15, 0.2) is 0 Å². The summed E-state index contributed by atoms with van der Waals surface area (Å²) in [5, 5.41) is 9.06. The first-order valence-electron chi connectivity index (χ1n) is 7.98. The molecule has 2 rings (SSSR count). The Morgan fingerprint density at radius 2 is 1.70 bits per heavy atom. The number of benzene rings is 2. The van der Waals surface area contributed by atoms with Gasteiger partial charge in [-0.3, -0.25) is 9.59 Å². The van der Waals surface area contributed by atoms with Gasteiger partial charge < -0.3 is 14.7 Å². The number of nitrogens with zero attached hydrogens (tertiary/aromatic N) is 1. The maximum atomic E-state index is 12.6. The zero-order valence-corrected chi connectivity index (χ0v) is 14.5. The first kappa shape index (κ1) is 20.3. The monoisotopic (exact) mass is 381 g/mol. The molecule has 0 aromatic heterocycles. The van der Waals surface area contributed by atoms with E-state index in [-0.39, 0.29) is 13.0 Å². The van der Waals surface area contributed by atoms with Gasteiger partial charge in [-0.2, -0.15) is 13.2 Å². The molecule has 0 heterocycles. The summed E-state index contributed by atoms with van der Waals surface area (Å²) < 4.78 is 43.1. The Labute approximate surface area is 154 Å². The second kappa shape index (κ2) is 8.57. The van der Waals surface area contributed by atoms with Crippen LogP contribution in [0, 0.1) is 0 Å². The van der Waals surface area contributed by atoms with Crippen molar-refractivity contribution in [2.75, 3.05) is 13.7 Å². The molecule has 0 unspecified atom stereocenters. The molecule has 8 heteroatoms. The summed E-state index contributed by atoms with van der Waals surface area (Å²) in [5.74, 6) is -1.19. The van der Waals surface area contributed by atoms with Crippen LogP contribution < -0.4 is 4.74 Å². The Hall–Kier alpha value is -3.03. The molecule has 27 heavy (non-hydrogen) atoms. The molecule has 2 aromatic rings.